The number of aryl methyl sites for hydroxylation is 1. The fourth-order valence-corrected chi connectivity index (χ4v) is 1.79. The van der Waals surface area contributed by atoms with Crippen molar-refractivity contribution in [2.45, 2.75) is 19.8 Å². The zero-order valence-electron chi connectivity index (χ0n) is 7.37. The van der Waals surface area contributed by atoms with Crippen LogP contribution in [0.3, 0.4) is 0 Å². The minimum absolute atomic E-state index is 0.803. The van der Waals surface area contributed by atoms with E-state index < -0.39 is 0 Å². The first-order chi connectivity index (χ1) is 6.33. The Labute approximate surface area is 85.0 Å². The third kappa shape index (κ3) is 1.46. The summed E-state index contributed by atoms with van der Waals surface area (Å²) < 4.78 is 2.87. The fourth-order valence-electron chi connectivity index (χ4n) is 1.38. The molecule has 0 saturated carbocycles. The Morgan fingerprint density at radius 1 is 1.46 bits per heavy atom. The van der Waals surface area contributed by atoms with E-state index in [1.54, 1.807) is 6.20 Å². The van der Waals surface area contributed by atoms with Crippen LogP contribution in [0.1, 0.15) is 19.0 Å². The molecule has 4 heteroatoms. The van der Waals surface area contributed by atoms with Crippen LogP contribution in [0.25, 0.3) is 5.65 Å². The van der Waals surface area contributed by atoms with Crippen LogP contribution in [-0.4, -0.2) is 14.4 Å². The molecule has 3 nitrogen and oxygen atoms in total. The highest BCUT2D eigenvalue weighted by Gasteiger charge is 2.04. The number of hydrogen-bond donors (Lipinski definition) is 0. The van der Waals surface area contributed by atoms with E-state index in [4.69, 9.17) is 0 Å². The second-order valence-electron chi connectivity index (χ2n) is 2.91. The van der Waals surface area contributed by atoms with Crippen molar-refractivity contribution in [3.63, 3.8) is 0 Å². The third-order valence-corrected chi connectivity index (χ3v) is 2.53. The Balaban J connectivity index is 2.61. The maximum Gasteiger partial charge on any atom is 0.170 e. The van der Waals surface area contributed by atoms with Gasteiger partial charge in [0.2, 0.25) is 0 Å². The van der Waals surface area contributed by atoms with Crippen LogP contribution in [0.4, 0.5) is 0 Å². The normalized spacial score (nSPS) is 10.9. The molecule has 0 aromatic carbocycles. The Morgan fingerprint density at radius 3 is 3.08 bits per heavy atom. The molecule has 2 heterocycles. The fraction of sp³-hybridized carbons (Fsp3) is 0.333. The first-order valence-electron chi connectivity index (χ1n) is 4.29. The van der Waals surface area contributed by atoms with Crippen molar-refractivity contribution in [2.75, 3.05) is 0 Å². The monoisotopic (exact) mass is 239 g/mol. The molecule has 0 atom stereocenters. The topological polar surface area (TPSA) is 30.2 Å². The third-order valence-electron chi connectivity index (χ3n) is 1.97. The van der Waals surface area contributed by atoms with E-state index in [0.717, 1.165) is 23.1 Å². The first-order valence-corrected chi connectivity index (χ1v) is 5.08. The van der Waals surface area contributed by atoms with E-state index >= 15 is 0 Å². The van der Waals surface area contributed by atoms with Gasteiger partial charge in [-0.2, -0.15) is 0 Å². The number of nitrogens with zero attached hydrogens (tertiary/aromatic N) is 3. The van der Waals surface area contributed by atoms with E-state index in [2.05, 4.69) is 37.2 Å². The summed E-state index contributed by atoms with van der Waals surface area (Å²) in [5.74, 6) is 0. The zero-order chi connectivity index (χ0) is 9.26. The Kier molecular flexibility index (Phi) is 2.31. The molecule has 0 amide bonds. The Hall–Kier alpha value is -0.900. The van der Waals surface area contributed by atoms with Gasteiger partial charge in [-0.15, -0.1) is 0 Å². The molecule has 2 aromatic rings. The van der Waals surface area contributed by atoms with Gasteiger partial charge in [0.25, 0.3) is 0 Å². The quantitative estimate of drug-likeness (QED) is 0.806. The van der Waals surface area contributed by atoms with Gasteiger partial charge in [-0.1, -0.05) is 13.3 Å². The van der Waals surface area contributed by atoms with Crippen LogP contribution in [0.15, 0.2) is 23.2 Å². The molecule has 0 bridgehead atoms. The Bertz CT molecular complexity index is 422. The van der Waals surface area contributed by atoms with Crippen molar-refractivity contribution in [2.24, 2.45) is 0 Å². The second-order valence-corrected chi connectivity index (χ2v) is 3.66. The molecule has 0 spiro atoms. The van der Waals surface area contributed by atoms with Crippen molar-refractivity contribution >= 4 is 21.6 Å². The summed E-state index contributed by atoms with van der Waals surface area (Å²) in [6.07, 6.45) is 7.81. The highest BCUT2D eigenvalue weighted by molar-refractivity contribution is 9.10. The summed E-state index contributed by atoms with van der Waals surface area (Å²) in [6.45, 7) is 2.16. The SMILES string of the molecule is CCCc1cnc2c(Br)nccn12. The van der Waals surface area contributed by atoms with Crippen molar-refractivity contribution in [3.05, 3.63) is 28.9 Å². The second kappa shape index (κ2) is 3.46. The molecule has 0 aliphatic rings. The van der Waals surface area contributed by atoms with E-state index in [9.17, 15) is 0 Å². The molecule has 0 fully saturated rings. The highest BCUT2D eigenvalue weighted by atomic mass is 79.9. The van der Waals surface area contributed by atoms with Gasteiger partial charge < -0.3 is 4.40 Å². The number of halogens is 1. The molecule has 13 heavy (non-hydrogen) atoms. The molecular formula is C9H10BrN3. The molecule has 0 unspecified atom stereocenters. The molecule has 0 N–H and O–H groups in total. The molecule has 0 saturated heterocycles. The van der Waals surface area contributed by atoms with Crippen molar-refractivity contribution in [1.82, 2.24) is 14.4 Å². The first kappa shape index (κ1) is 8.69. The average Bonchev–Trinajstić information content (AvgIpc) is 2.51. The standard InChI is InChI=1S/C9H10BrN3/c1-2-3-7-6-12-9-8(10)11-4-5-13(7)9/h4-6H,2-3H2,1H3. The van der Waals surface area contributed by atoms with Gasteiger partial charge in [-0.05, 0) is 22.4 Å². The predicted molar refractivity (Wildman–Crippen MR) is 54.7 cm³/mol. The number of imidazole rings is 1. The highest BCUT2D eigenvalue weighted by Crippen LogP contribution is 2.15. The van der Waals surface area contributed by atoms with Crippen molar-refractivity contribution < 1.29 is 0 Å². The number of fused-ring (bicyclic) bond motifs is 1. The van der Waals surface area contributed by atoms with Crippen LogP contribution in [0, 0.1) is 0 Å². The minimum atomic E-state index is 0.803. The summed E-state index contributed by atoms with van der Waals surface area (Å²) in [4.78, 5) is 8.40. The van der Waals surface area contributed by atoms with E-state index in [1.165, 1.54) is 5.69 Å². The number of aromatic nitrogens is 3. The number of hydrogen-bond acceptors (Lipinski definition) is 2. The van der Waals surface area contributed by atoms with Crippen molar-refractivity contribution in [1.29, 1.82) is 0 Å². The van der Waals surface area contributed by atoms with Gasteiger partial charge in [-0.25, -0.2) is 9.97 Å². The Morgan fingerprint density at radius 2 is 2.31 bits per heavy atom. The minimum Gasteiger partial charge on any atom is -0.300 e. The van der Waals surface area contributed by atoms with Crippen molar-refractivity contribution in [3.8, 4) is 0 Å². The van der Waals surface area contributed by atoms with Gasteiger partial charge in [0.05, 0.1) is 0 Å². The summed E-state index contributed by atoms with van der Waals surface area (Å²) in [5.41, 5.74) is 2.13. The number of rotatable bonds is 2. The average molecular weight is 240 g/mol. The summed E-state index contributed by atoms with van der Waals surface area (Å²) in [5, 5.41) is 0. The van der Waals surface area contributed by atoms with E-state index in [1.807, 2.05) is 12.4 Å². The summed E-state index contributed by atoms with van der Waals surface area (Å²) in [7, 11) is 0. The molecule has 0 aliphatic carbocycles. The lowest BCUT2D eigenvalue weighted by Crippen LogP contribution is -1.93. The van der Waals surface area contributed by atoms with Crippen LogP contribution in [0.5, 0.6) is 0 Å². The van der Waals surface area contributed by atoms with E-state index in [-0.39, 0.29) is 0 Å². The van der Waals surface area contributed by atoms with Crippen LogP contribution >= 0.6 is 15.9 Å². The molecular weight excluding hydrogens is 230 g/mol. The molecule has 0 radical (unpaired) electrons. The van der Waals surface area contributed by atoms with Gasteiger partial charge >= 0.3 is 0 Å². The van der Waals surface area contributed by atoms with Gasteiger partial charge in [0, 0.05) is 24.3 Å². The lowest BCUT2D eigenvalue weighted by Gasteiger charge is -1.98. The van der Waals surface area contributed by atoms with Gasteiger partial charge in [-0.3, -0.25) is 0 Å². The summed E-state index contributed by atoms with van der Waals surface area (Å²) >= 11 is 3.37. The molecule has 68 valence electrons. The smallest absolute Gasteiger partial charge is 0.170 e. The lowest BCUT2D eigenvalue weighted by molar-refractivity contribution is 0.864. The van der Waals surface area contributed by atoms with Crippen LogP contribution in [-0.2, 0) is 6.42 Å². The van der Waals surface area contributed by atoms with Gasteiger partial charge in [0.15, 0.2) is 5.65 Å². The maximum atomic E-state index is 4.29. The zero-order valence-corrected chi connectivity index (χ0v) is 8.95. The molecule has 2 rings (SSSR count). The largest absolute Gasteiger partial charge is 0.300 e. The lowest BCUT2D eigenvalue weighted by atomic mass is 10.3. The molecule has 0 aliphatic heterocycles. The summed E-state index contributed by atoms with van der Waals surface area (Å²) in [6, 6.07) is 0. The van der Waals surface area contributed by atoms with Crippen LogP contribution < -0.4 is 0 Å². The van der Waals surface area contributed by atoms with Gasteiger partial charge in [0.1, 0.15) is 4.60 Å². The maximum absolute atomic E-state index is 4.29. The van der Waals surface area contributed by atoms with E-state index in [0.29, 0.717) is 0 Å². The predicted octanol–water partition coefficient (Wildman–Crippen LogP) is 2.44. The molecule has 2 aromatic heterocycles. The van der Waals surface area contributed by atoms with Crippen LogP contribution in [0.2, 0.25) is 0 Å².